The number of anilines is 1. The Hall–Kier alpha value is -2.30. The predicted octanol–water partition coefficient (Wildman–Crippen LogP) is 2.45. The normalized spacial score (nSPS) is 14.2. The van der Waals surface area contributed by atoms with Gasteiger partial charge in [-0.25, -0.2) is 0 Å². The molecule has 0 radical (unpaired) electrons. The largest absolute Gasteiger partial charge is 0.395 e. The van der Waals surface area contributed by atoms with Gasteiger partial charge in [-0.15, -0.1) is 0 Å². The van der Waals surface area contributed by atoms with Crippen LogP contribution >= 0.6 is 0 Å². The van der Waals surface area contributed by atoms with Crippen molar-refractivity contribution >= 4 is 11.6 Å². The van der Waals surface area contributed by atoms with E-state index < -0.39 is 0 Å². The molecule has 1 saturated carbocycles. The molecule has 0 aliphatic heterocycles. The third-order valence-electron chi connectivity index (χ3n) is 4.04. The molecule has 0 unspecified atom stereocenters. The molecule has 2 aromatic rings. The maximum atomic E-state index is 12.5. The first-order chi connectivity index (χ1) is 10.1. The molecule has 0 atom stereocenters. The molecule has 3 N–H and O–H groups in total. The fraction of sp³-hybridized carbons (Fsp3) is 0.375. The second-order valence-corrected chi connectivity index (χ2v) is 5.76. The molecular formula is C16H20N4O. The van der Waals surface area contributed by atoms with E-state index in [1.807, 2.05) is 31.2 Å². The molecule has 1 aromatic heterocycles. The van der Waals surface area contributed by atoms with E-state index in [0.717, 1.165) is 24.1 Å². The highest BCUT2D eigenvalue weighted by molar-refractivity contribution is 5.97. The van der Waals surface area contributed by atoms with E-state index in [1.165, 1.54) is 5.56 Å². The van der Waals surface area contributed by atoms with Gasteiger partial charge in [0.25, 0.3) is 5.91 Å². The van der Waals surface area contributed by atoms with Crippen molar-refractivity contribution < 1.29 is 4.79 Å². The van der Waals surface area contributed by atoms with Gasteiger partial charge < -0.3 is 10.6 Å². The van der Waals surface area contributed by atoms with E-state index >= 15 is 0 Å². The molecule has 1 fully saturated rings. The summed E-state index contributed by atoms with van der Waals surface area (Å²) in [6.07, 6.45) is 2.25. The smallest absolute Gasteiger partial charge is 0.276 e. The molecule has 21 heavy (non-hydrogen) atoms. The van der Waals surface area contributed by atoms with Gasteiger partial charge in [0.1, 0.15) is 0 Å². The summed E-state index contributed by atoms with van der Waals surface area (Å²) in [7, 11) is 1.78. The molecule has 5 nitrogen and oxygen atoms in total. The van der Waals surface area contributed by atoms with Crippen LogP contribution in [0.1, 0.15) is 46.1 Å². The van der Waals surface area contributed by atoms with Crippen LogP contribution in [-0.4, -0.2) is 28.1 Å². The van der Waals surface area contributed by atoms with Crippen molar-refractivity contribution in [2.24, 2.45) is 0 Å². The number of aryl methyl sites for hydroxylation is 1. The van der Waals surface area contributed by atoms with Gasteiger partial charge in [-0.05, 0) is 30.9 Å². The molecule has 1 aliphatic rings. The maximum Gasteiger partial charge on any atom is 0.276 e. The number of nitrogen functional groups attached to an aromatic ring is 1. The van der Waals surface area contributed by atoms with Gasteiger partial charge in [0, 0.05) is 19.5 Å². The number of benzene rings is 1. The number of aromatic amines is 1. The third kappa shape index (κ3) is 2.63. The van der Waals surface area contributed by atoms with Gasteiger partial charge >= 0.3 is 0 Å². The van der Waals surface area contributed by atoms with Gasteiger partial charge in [-0.2, -0.15) is 5.10 Å². The molecule has 3 rings (SSSR count). The van der Waals surface area contributed by atoms with Crippen LogP contribution in [0.5, 0.6) is 0 Å². The average molecular weight is 284 g/mol. The summed E-state index contributed by atoms with van der Waals surface area (Å²) >= 11 is 0. The third-order valence-corrected chi connectivity index (χ3v) is 4.04. The van der Waals surface area contributed by atoms with Crippen molar-refractivity contribution in [2.75, 3.05) is 12.8 Å². The van der Waals surface area contributed by atoms with Gasteiger partial charge in [-0.3, -0.25) is 9.89 Å². The number of aromatic nitrogens is 2. The summed E-state index contributed by atoms with van der Waals surface area (Å²) < 4.78 is 0. The van der Waals surface area contributed by atoms with E-state index in [0.29, 0.717) is 23.8 Å². The minimum Gasteiger partial charge on any atom is -0.395 e. The highest BCUT2D eigenvalue weighted by Crippen LogP contribution is 2.42. The number of carbonyl (C=O) groups excluding carboxylic acids is 1. The molecular weight excluding hydrogens is 264 g/mol. The highest BCUT2D eigenvalue weighted by Gasteiger charge is 2.31. The first kappa shape index (κ1) is 13.7. The Kier molecular flexibility index (Phi) is 3.41. The molecule has 1 amide bonds. The number of nitrogens with zero attached hydrogens (tertiary/aromatic N) is 2. The van der Waals surface area contributed by atoms with Crippen molar-refractivity contribution in [3.05, 3.63) is 46.8 Å². The molecule has 0 bridgehead atoms. The lowest BCUT2D eigenvalue weighted by atomic mass is 10.1. The monoisotopic (exact) mass is 284 g/mol. The number of hydrogen-bond acceptors (Lipinski definition) is 3. The topological polar surface area (TPSA) is 75.0 Å². The fourth-order valence-electron chi connectivity index (χ4n) is 2.51. The zero-order chi connectivity index (χ0) is 15.0. The van der Waals surface area contributed by atoms with Crippen molar-refractivity contribution in [3.63, 3.8) is 0 Å². The Bertz CT molecular complexity index is 673. The summed E-state index contributed by atoms with van der Waals surface area (Å²) in [5, 5.41) is 7.05. The number of H-pyrrole nitrogens is 1. The molecule has 1 aliphatic carbocycles. The van der Waals surface area contributed by atoms with Crippen LogP contribution in [0.3, 0.4) is 0 Å². The maximum absolute atomic E-state index is 12.5. The number of nitrogens with one attached hydrogen (secondary N) is 1. The molecule has 0 saturated heterocycles. The Morgan fingerprint density at radius 2 is 2.14 bits per heavy atom. The van der Waals surface area contributed by atoms with E-state index in [1.54, 1.807) is 11.9 Å². The molecule has 0 spiro atoms. The Morgan fingerprint density at radius 3 is 2.81 bits per heavy atom. The van der Waals surface area contributed by atoms with Crippen molar-refractivity contribution in [1.82, 2.24) is 15.1 Å². The molecule has 110 valence electrons. The molecule has 5 heteroatoms. The van der Waals surface area contributed by atoms with Crippen LogP contribution in [0, 0.1) is 6.92 Å². The minimum absolute atomic E-state index is 0.140. The van der Waals surface area contributed by atoms with E-state index in [-0.39, 0.29) is 5.91 Å². The number of carbonyl (C=O) groups is 1. The second kappa shape index (κ2) is 5.24. The van der Waals surface area contributed by atoms with Crippen molar-refractivity contribution in [3.8, 4) is 0 Å². The molecule has 1 heterocycles. The Labute approximate surface area is 124 Å². The zero-order valence-corrected chi connectivity index (χ0v) is 12.4. The van der Waals surface area contributed by atoms with Gasteiger partial charge in [-0.1, -0.05) is 24.3 Å². The predicted molar refractivity (Wildman–Crippen MR) is 82.0 cm³/mol. The Morgan fingerprint density at radius 1 is 1.43 bits per heavy atom. The van der Waals surface area contributed by atoms with Crippen LogP contribution in [0.15, 0.2) is 24.3 Å². The van der Waals surface area contributed by atoms with Gasteiger partial charge in [0.05, 0.1) is 11.4 Å². The highest BCUT2D eigenvalue weighted by atomic mass is 16.2. The van der Waals surface area contributed by atoms with Crippen LogP contribution < -0.4 is 5.73 Å². The lowest BCUT2D eigenvalue weighted by molar-refractivity contribution is 0.0780. The lowest BCUT2D eigenvalue weighted by Crippen LogP contribution is -2.27. The number of rotatable bonds is 4. The van der Waals surface area contributed by atoms with Crippen molar-refractivity contribution in [2.45, 2.75) is 32.2 Å². The van der Waals surface area contributed by atoms with Gasteiger partial charge in [0.15, 0.2) is 5.69 Å². The lowest BCUT2D eigenvalue weighted by Gasteiger charge is -2.17. The van der Waals surface area contributed by atoms with Gasteiger partial charge in [0.2, 0.25) is 0 Å². The second-order valence-electron chi connectivity index (χ2n) is 5.76. The quantitative estimate of drug-likeness (QED) is 0.905. The first-order valence-electron chi connectivity index (χ1n) is 7.21. The van der Waals surface area contributed by atoms with E-state index in [2.05, 4.69) is 10.2 Å². The number of hydrogen-bond donors (Lipinski definition) is 2. The number of amides is 1. The summed E-state index contributed by atoms with van der Waals surface area (Å²) in [4.78, 5) is 14.2. The van der Waals surface area contributed by atoms with E-state index in [9.17, 15) is 4.79 Å². The minimum atomic E-state index is -0.140. The first-order valence-corrected chi connectivity index (χ1v) is 7.21. The van der Waals surface area contributed by atoms with Crippen molar-refractivity contribution in [1.29, 1.82) is 0 Å². The van der Waals surface area contributed by atoms with Crippen LogP contribution in [0.25, 0.3) is 0 Å². The standard InChI is InChI=1S/C16H20N4O/c1-10-5-3-4-6-12(10)9-20(2)16(21)15-13(17)14(18-19-15)11-7-8-11/h3-6,11H,7-9,17H2,1-2H3,(H,18,19). The Balaban J connectivity index is 1.77. The van der Waals surface area contributed by atoms with Crippen LogP contribution in [0.4, 0.5) is 5.69 Å². The summed E-state index contributed by atoms with van der Waals surface area (Å²) in [5.74, 6) is 0.319. The fourth-order valence-corrected chi connectivity index (χ4v) is 2.51. The molecule has 1 aromatic carbocycles. The summed E-state index contributed by atoms with van der Waals surface area (Å²) in [6, 6.07) is 8.05. The summed E-state index contributed by atoms with van der Waals surface area (Å²) in [6.45, 7) is 2.60. The van der Waals surface area contributed by atoms with Crippen LogP contribution in [0.2, 0.25) is 0 Å². The average Bonchev–Trinajstić information content (AvgIpc) is 3.24. The summed E-state index contributed by atoms with van der Waals surface area (Å²) in [5.41, 5.74) is 10.1. The van der Waals surface area contributed by atoms with Crippen LogP contribution in [-0.2, 0) is 6.54 Å². The van der Waals surface area contributed by atoms with E-state index in [4.69, 9.17) is 5.73 Å². The number of nitrogens with two attached hydrogens (primary N) is 1. The SMILES string of the molecule is Cc1ccccc1CN(C)C(=O)c1n[nH]c(C2CC2)c1N. The zero-order valence-electron chi connectivity index (χ0n) is 12.4.